The molecule has 7 nitrogen and oxygen atoms in total. The van der Waals surface area contributed by atoms with Crippen molar-refractivity contribution in [2.45, 2.75) is 12.7 Å². The van der Waals surface area contributed by atoms with Crippen LogP contribution in [0, 0.1) is 0 Å². The van der Waals surface area contributed by atoms with Gasteiger partial charge in [0.05, 0.1) is 12.2 Å². The maximum atomic E-state index is 12.7. The highest BCUT2D eigenvalue weighted by Gasteiger charge is 2.33. The molecule has 0 atom stereocenters. The summed E-state index contributed by atoms with van der Waals surface area (Å²) in [6, 6.07) is 9.69. The van der Waals surface area contributed by atoms with E-state index in [1.165, 1.54) is 36.4 Å². The van der Waals surface area contributed by atoms with Gasteiger partial charge in [0.2, 0.25) is 0 Å². The van der Waals surface area contributed by atoms with Crippen molar-refractivity contribution in [3.05, 3.63) is 71.4 Å². The first-order valence-electron chi connectivity index (χ1n) is 7.64. The third-order valence-electron chi connectivity index (χ3n) is 3.58. The number of rotatable bonds is 5. The van der Waals surface area contributed by atoms with Crippen molar-refractivity contribution in [2.24, 2.45) is 5.73 Å². The topological polar surface area (TPSA) is 103 Å². The van der Waals surface area contributed by atoms with Crippen LogP contribution < -0.4 is 11.1 Å². The SMILES string of the molecule is NC(=O)c1ccc(CNC(=O)c2cccc(-n3ccc(C(F)(F)F)n3)c2)o1. The Labute approximate surface area is 150 Å². The van der Waals surface area contributed by atoms with E-state index in [0.29, 0.717) is 11.4 Å². The van der Waals surface area contributed by atoms with E-state index >= 15 is 0 Å². The van der Waals surface area contributed by atoms with Crippen molar-refractivity contribution in [3.8, 4) is 5.69 Å². The largest absolute Gasteiger partial charge is 0.454 e. The zero-order chi connectivity index (χ0) is 19.6. The van der Waals surface area contributed by atoms with Crippen molar-refractivity contribution in [2.75, 3.05) is 0 Å². The van der Waals surface area contributed by atoms with Crippen molar-refractivity contribution < 1.29 is 27.2 Å². The molecule has 3 rings (SSSR count). The first kappa shape index (κ1) is 18.2. The number of nitrogens with zero attached hydrogens (tertiary/aromatic N) is 2. The molecule has 0 unspecified atom stereocenters. The van der Waals surface area contributed by atoms with Crippen LogP contribution in [-0.4, -0.2) is 21.6 Å². The molecule has 0 aliphatic heterocycles. The minimum atomic E-state index is -4.55. The van der Waals surface area contributed by atoms with Gasteiger partial charge < -0.3 is 15.5 Å². The standard InChI is InChI=1S/C17H13F3N4O3/c18-17(19,20)14-6-7-24(23-14)11-3-1-2-10(8-11)16(26)22-9-12-4-5-13(27-12)15(21)25/h1-8H,9H2,(H2,21,25)(H,22,26). The normalized spacial score (nSPS) is 11.4. The first-order chi connectivity index (χ1) is 12.7. The average Bonchev–Trinajstić information content (AvgIpc) is 3.29. The fourth-order valence-electron chi connectivity index (χ4n) is 2.28. The third kappa shape index (κ3) is 4.17. The molecule has 3 aromatic rings. The van der Waals surface area contributed by atoms with Crippen LogP contribution in [0.1, 0.15) is 32.4 Å². The van der Waals surface area contributed by atoms with Gasteiger partial charge in [0.25, 0.3) is 11.8 Å². The number of alkyl halides is 3. The van der Waals surface area contributed by atoms with Crippen LogP contribution in [0.25, 0.3) is 5.69 Å². The molecule has 0 radical (unpaired) electrons. The van der Waals surface area contributed by atoms with Crippen molar-refractivity contribution in [3.63, 3.8) is 0 Å². The zero-order valence-corrected chi connectivity index (χ0v) is 13.7. The molecule has 2 aromatic heterocycles. The van der Waals surface area contributed by atoms with Crippen LogP contribution in [0.3, 0.4) is 0 Å². The summed E-state index contributed by atoms with van der Waals surface area (Å²) in [5.74, 6) is -0.898. The van der Waals surface area contributed by atoms with Crippen LogP contribution in [0.4, 0.5) is 13.2 Å². The van der Waals surface area contributed by atoms with Crippen molar-refractivity contribution >= 4 is 11.8 Å². The quantitative estimate of drug-likeness (QED) is 0.712. The zero-order valence-electron chi connectivity index (χ0n) is 13.7. The van der Waals surface area contributed by atoms with E-state index in [1.807, 2.05) is 0 Å². The van der Waals surface area contributed by atoms with E-state index in [-0.39, 0.29) is 17.9 Å². The molecule has 0 fully saturated rings. The molecule has 0 saturated carbocycles. The van der Waals surface area contributed by atoms with Gasteiger partial charge in [-0.1, -0.05) is 6.07 Å². The number of hydrogen-bond donors (Lipinski definition) is 2. The van der Waals surface area contributed by atoms with Crippen LogP contribution in [0.2, 0.25) is 0 Å². The number of carbonyl (C=O) groups excluding carboxylic acids is 2. The molecule has 3 N–H and O–H groups in total. The number of primary amides is 1. The molecule has 2 heterocycles. The summed E-state index contributed by atoms with van der Waals surface area (Å²) < 4.78 is 44.2. The second-order valence-electron chi connectivity index (χ2n) is 5.51. The summed E-state index contributed by atoms with van der Waals surface area (Å²) in [5.41, 5.74) is 4.57. The van der Waals surface area contributed by atoms with Crippen molar-refractivity contribution in [1.82, 2.24) is 15.1 Å². The number of carbonyl (C=O) groups is 2. The molecule has 27 heavy (non-hydrogen) atoms. The van der Waals surface area contributed by atoms with Crippen LogP contribution in [0.15, 0.2) is 53.1 Å². The molecule has 10 heteroatoms. The fraction of sp³-hybridized carbons (Fsp3) is 0.118. The molecule has 2 amide bonds. The van der Waals surface area contributed by atoms with E-state index in [2.05, 4.69) is 10.4 Å². The monoisotopic (exact) mass is 378 g/mol. The predicted molar refractivity (Wildman–Crippen MR) is 87.0 cm³/mol. The molecule has 0 saturated heterocycles. The highest BCUT2D eigenvalue weighted by Crippen LogP contribution is 2.27. The Morgan fingerprint density at radius 1 is 1.19 bits per heavy atom. The van der Waals surface area contributed by atoms with E-state index in [0.717, 1.165) is 16.9 Å². The summed E-state index contributed by atoms with van der Waals surface area (Å²) in [6.07, 6.45) is -3.39. The number of nitrogens with one attached hydrogen (secondary N) is 1. The Balaban J connectivity index is 1.71. The molecular formula is C17H13F3N4O3. The first-order valence-corrected chi connectivity index (χ1v) is 7.64. The lowest BCUT2D eigenvalue weighted by Crippen LogP contribution is -2.22. The minimum absolute atomic E-state index is 0.0103. The second-order valence-corrected chi connectivity index (χ2v) is 5.51. The maximum Gasteiger partial charge on any atom is 0.435 e. The molecule has 0 aliphatic rings. The van der Waals surface area contributed by atoms with Gasteiger partial charge in [-0.25, -0.2) is 4.68 Å². The van der Waals surface area contributed by atoms with Crippen LogP contribution >= 0.6 is 0 Å². The number of halogens is 3. The molecule has 1 aromatic carbocycles. The molecule has 0 spiro atoms. The van der Waals surface area contributed by atoms with Gasteiger partial charge in [0.15, 0.2) is 11.5 Å². The summed E-state index contributed by atoms with van der Waals surface area (Å²) >= 11 is 0. The number of furan rings is 1. The fourth-order valence-corrected chi connectivity index (χ4v) is 2.28. The van der Waals surface area contributed by atoms with Crippen LogP contribution in [0.5, 0.6) is 0 Å². The van der Waals surface area contributed by atoms with Gasteiger partial charge in [0.1, 0.15) is 5.76 Å². The molecular weight excluding hydrogens is 365 g/mol. The maximum absolute atomic E-state index is 12.7. The summed E-state index contributed by atoms with van der Waals surface area (Å²) in [5, 5.41) is 6.05. The lowest BCUT2D eigenvalue weighted by Gasteiger charge is -2.07. The van der Waals surface area contributed by atoms with Gasteiger partial charge in [-0.2, -0.15) is 18.3 Å². The van der Waals surface area contributed by atoms with E-state index < -0.39 is 23.7 Å². The predicted octanol–water partition coefficient (Wildman–Crippen LogP) is 2.51. The van der Waals surface area contributed by atoms with Crippen molar-refractivity contribution in [1.29, 1.82) is 0 Å². The summed E-state index contributed by atoms with van der Waals surface area (Å²) in [4.78, 5) is 23.2. The lowest BCUT2D eigenvalue weighted by atomic mass is 10.2. The number of hydrogen-bond acceptors (Lipinski definition) is 4. The number of amides is 2. The van der Waals surface area contributed by atoms with Gasteiger partial charge >= 0.3 is 6.18 Å². The van der Waals surface area contributed by atoms with Gasteiger partial charge in [-0.15, -0.1) is 0 Å². The lowest BCUT2D eigenvalue weighted by molar-refractivity contribution is -0.141. The van der Waals surface area contributed by atoms with E-state index in [9.17, 15) is 22.8 Å². The van der Waals surface area contributed by atoms with Gasteiger partial charge in [0, 0.05) is 11.8 Å². The minimum Gasteiger partial charge on any atom is -0.454 e. The second kappa shape index (κ2) is 6.98. The molecule has 0 aliphatic carbocycles. The Morgan fingerprint density at radius 2 is 1.96 bits per heavy atom. The number of aromatic nitrogens is 2. The Morgan fingerprint density at radius 3 is 2.59 bits per heavy atom. The highest BCUT2D eigenvalue weighted by molar-refractivity contribution is 5.94. The molecule has 140 valence electrons. The van der Waals surface area contributed by atoms with E-state index in [1.54, 1.807) is 0 Å². The number of benzene rings is 1. The van der Waals surface area contributed by atoms with Gasteiger partial charge in [-0.3, -0.25) is 9.59 Å². The highest BCUT2D eigenvalue weighted by atomic mass is 19.4. The smallest absolute Gasteiger partial charge is 0.435 e. The van der Waals surface area contributed by atoms with E-state index in [4.69, 9.17) is 10.2 Å². The average molecular weight is 378 g/mol. The Bertz CT molecular complexity index is 991. The molecule has 0 bridgehead atoms. The summed E-state index contributed by atoms with van der Waals surface area (Å²) in [6.45, 7) is 0.0103. The number of nitrogens with two attached hydrogens (primary N) is 1. The third-order valence-corrected chi connectivity index (χ3v) is 3.58. The summed E-state index contributed by atoms with van der Waals surface area (Å²) in [7, 11) is 0. The Kier molecular flexibility index (Phi) is 4.72. The van der Waals surface area contributed by atoms with Crippen LogP contribution in [-0.2, 0) is 12.7 Å². The Hall–Kier alpha value is -3.56. The van der Waals surface area contributed by atoms with Gasteiger partial charge in [-0.05, 0) is 36.4 Å².